The van der Waals surface area contributed by atoms with Crippen LogP contribution in [0.5, 0.6) is 5.75 Å². The number of hydrogen-bond acceptors (Lipinski definition) is 5. The van der Waals surface area contributed by atoms with Gasteiger partial charge < -0.3 is 19.3 Å². The molecule has 2 aliphatic heterocycles. The highest BCUT2D eigenvalue weighted by Crippen LogP contribution is 2.41. The molecule has 0 bridgehead atoms. The molecule has 0 spiro atoms. The molecule has 2 saturated heterocycles. The molecule has 2 unspecified atom stereocenters. The third kappa shape index (κ3) is 7.58. The number of rotatable bonds is 7. The molecule has 3 fully saturated rings. The number of piperidine rings is 1. The lowest BCUT2D eigenvalue weighted by Crippen LogP contribution is -2.56. The number of alkyl halides is 3. The molecule has 1 saturated carbocycles. The van der Waals surface area contributed by atoms with E-state index in [1.165, 1.54) is 44.1 Å². The number of likely N-dealkylation sites (tertiary alicyclic amines) is 1. The third-order valence-corrected chi connectivity index (χ3v) is 7.09. The molecule has 1 aromatic carbocycles. The summed E-state index contributed by atoms with van der Waals surface area (Å²) in [4.78, 5) is 11.5. The van der Waals surface area contributed by atoms with Crippen LogP contribution in [0, 0.1) is 11.3 Å². The molecule has 1 aliphatic carbocycles. The standard InChI is InChI=1S/C23H35NO3.C2HF3O2/c1-25-21-9-7-19(8-10-21)15-24-13-11-22-23(17-24,12-4-14-27-22)18-26-16-20-5-2-3-6-20;3-2(4,5)1(6)7/h7-10,20,22H,2-6,11-18H2,1H3;(H,6,7). The van der Waals surface area contributed by atoms with Gasteiger partial charge in [0.25, 0.3) is 0 Å². The van der Waals surface area contributed by atoms with Crippen LogP contribution in [-0.2, 0) is 20.8 Å². The van der Waals surface area contributed by atoms with Gasteiger partial charge in [-0.1, -0.05) is 25.0 Å². The molecular formula is C25H36F3NO5. The molecule has 0 amide bonds. The first-order chi connectivity index (χ1) is 16.2. The first-order valence-electron chi connectivity index (χ1n) is 12.1. The van der Waals surface area contributed by atoms with Crippen molar-refractivity contribution in [2.45, 2.75) is 63.8 Å². The van der Waals surface area contributed by atoms with Crippen molar-refractivity contribution in [1.82, 2.24) is 4.90 Å². The lowest BCUT2D eigenvalue weighted by atomic mass is 9.73. The number of aliphatic carboxylic acids is 1. The van der Waals surface area contributed by atoms with Crippen molar-refractivity contribution >= 4 is 5.97 Å². The number of carboxylic acid groups (broad SMARTS) is 1. The predicted octanol–water partition coefficient (Wildman–Crippen LogP) is 4.91. The lowest BCUT2D eigenvalue weighted by molar-refractivity contribution is -0.192. The number of carboxylic acids is 1. The number of carbonyl (C=O) groups is 1. The Morgan fingerprint density at radius 2 is 1.85 bits per heavy atom. The topological polar surface area (TPSA) is 68.2 Å². The lowest BCUT2D eigenvalue weighted by Gasteiger charge is -2.50. The molecule has 4 rings (SSSR count). The van der Waals surface area contributed by atoms with E-state index in [0.717, 1.165) is 57.5 Å². The fraction of sp³-hybridized carbons (Fsp3) is 0.720. The monoisotopic (exact) mass is 487 g/mol. The van der Waals surface area contributed by atoms with Crippen LogP contribution >= 0.6 is 0 Å². The largest absolute Gasteiger partial charge is 0.497 e. The molecule has 9 heteroatoms. The van der Waals surface area contributed by atoms with E-state index in [4.69, 9.17) is 24.1 Å². The van der Waals surface area contributed by atoms with Crippen molar-refractivity contribution < 1.29 is 37.3 Å². The van der Waals surface area contributed by atoms with Crippen LogP contribution < -0.4 is 4.74 Å². The number of halogens is 3. The van der Waals surface area contributed by atoms with Crippen LogP contribution in [0.4, 0.5) is 13.2 Å². The maximum atomic E-state index is 10.6. The molecule has 2 atom stereocenters. The average molecular weight is 488 g/mol. The van der Waals surface area contributed by atoms with Crippen molar-refractivity contribution in [2.75, 3.05) is 40.0 Å². The van der Waals surface area contributed by atoms with Gasteiger partial charge in [0.1, 0.15) is 5.75 Å². The zero-order valence-corrected chi connectivity index (χ0v) is 19.8. The number of ether oxygens (including phenoxy) is 3. The SMILES string of the molecule is COc1ccc(CN2CCC3OCCCC3(COCC3CCCC3)C2)cc1.O=C(O)C(F)(F)F. The Bertz CT molecular complexity index is 767. The van der Waals surface area contributed by atoms with E-state index in [2.05, 4.69) is 29.2 Å². The number of nitrogens with zero attached hydrogens (tertiary/aromatic N) is 1. The summed E-state index contributed by atoms with van der Waals surface area (Å²) >= 11 is 0. The summed E-state index contributed by atoms with van der Waals surface area (Å²) in [7, 11) is 1.72. The van der Waals surface area contributed by atoms with E-state index in [1.54, 1.807) is 7.11 Å². The van der Waals surface area contributed by atoms with Crippen LogP contribution in [0.25, 0.3) is 0 Å². The van der Waals surface area contributed by atoms with Crippen molar-refractivity contribution in [3.8, 4) is 5.75 Å². The van der Waals surface area contributed by atoms with Crippen LogP contribution in [0.1, 0.15) is 50.5 Å². The Balaban J connectivity index is 0.000000406. The smallest absolute Gasteiger partial charge is 0.490 e. The maximum absolute atomic E-state index is 10.6. The number of benzene rings is 1. The Hall–Kier alpha value is -1.84. The summed E-state index contributed by atoms with van der Waals surface area (Å²) in [5, 5.41) is 7.12. The van der Waals surface area contributed by atoms with Crippen molar-refractivity contribution in [2.24, 2.45) is 11.3 Å². The number of fused-ring (bicyclic) bond motifs is 1. The van der Waals surface area contributed by atoms with Crippen molar-refractivity contribution in [1.29, 1.82) is 0 Å². The molecule has 34 heavy (non-hydrogen) atoms. The van der Waals surface area contributed by atoms with Gasteiger partial charge in [-0.05, 0) is 55.7 Å². The second-order valence-corrected chi connectivity index (χ2v) is 9.64. The molecule has 1 aromatic rings. The van der Waals surface area contributed by atoms with Gasteiger partial charge in [0.15, 0.2) is 0 Å². The van der Waals surface area contributed by atoms with Gasteiger partial charge in [-0.15, -0.1) is 0 Å². The minimum Gasteiger partial charge on any atom is -0.497 e. The second kappa shape index (κ2) is 12.2. The zero-order chi connectivity index (χ0) is 24.6. The fourth-order valence-corrected chi connectivity index (χ4v) is 5.32. The van der Waals surface area contributed by atoms with Gasteiger partial charge in [0.05, 0.1) is 19.8 Å². The van der Waals surface area contributed by atoms with Gasteiger partial charge in [0.2, 0.25) is 0 Å². The Labute approximate surface area is 199 Å². The van der Waals surface area contributed by atoms with E-state index in [-0.39, 0.29) is 5.41 Å². The highest BCUT2D eigenvalue weighted by atomic mass is 19.4. The van der Waals surface area contributed by atoms with Crippen LogP contribution in [0.15, 0.2) is 24.3 Å². The van der Waals surface area contributed by atoms with Gasteiger partial charge in [0, 0.05) is 38.3 Å². The van der Waals surface area contributed by atoms with Crippen LogP contribution in [0.3, 0.4) is 0 Å². The molecule has 0 aromatic heterocycles. The van der Waals surface area contributed by atoms with Crippen LogP contribution in [0.2, 0.25) is 0 Å². The van der Waals surface area contributed by atoms with Crippen molar-refractivity contribution in [3.05, 3.63) is 29.8 Å². The first-order valence-corrected chi connectivity index (χ1v) is 12.1. The van der Waals surface area contributed by atoms with Crippen LogP contribution in [-0.4, -0.2) is 68.3 Å². The molecule has 192 valence electrons. The maximum Gasteiger partial charge on any atom is 0.490 e. The highest BCUT2D eigenvalue weighted by molar-refractivity contribution is 5.73. The van der Waals surface area contributed by atoms with Gasteiger partial charge >= 0.3 is 12.1 Å². The first kappa shape index (κ1) is 26.8. The second-order valence-electron chi connectivity index (χ2n) is 9.64. The summed E-state index contributed by atoms with van der Waals surface area (Å²) in [6.07, 6.45) is 4.32. The van der Waals surface area contributed by atoms with Gasteiger partial charge in [-0.3, -0.25) is 4.90 Å². The number of hydrogen-bond donors (Lipinski definition) is 1. The minimum absolute atomic E-state index is 0.182. The van der Waals surface area contributed by atoms with E-state index in [0.29, 0.717) is 6.10 Å². The van der Waals surface area contributed by atoms with Gasteiger partial charge in [-0.2, -0.15) is 13.2 Å². The summed E-state index contributed by atoms with van der Waals surface area (Å²) < 4.78 is 49.6. The van der Waals surface area contributed by atoms with Gasteiger partial charge in [-0.25, -0.2) is 4.79 Å². The van der Waals surface area contributed by atoms with E-state index in [1.807, 2.05) is 0 Å². The van der Waals surface area contributed by atoms with E-state index in [9.17, 15) is 13.2 Å². The average Bonchev–Trinajstić information content (AvgIpc) is 3.33. The molecule has 3 aliphatic rings. The Morgan fingerprint density at radius 1 is 1.18 bits per heavy atom. The Kier molecular flexibility index (Phi) is 9.62. The summed E-state index contributed by atoms with van der Waals surface area (Å²) in [5.74, 6) is -1.04. The summed E-state index contributed by atoms with van der Waals surface area (Å²) in [6.45, 7) is 5.95. The number of methoxy groups -OCH3 is 1. The quantitative estimate of drug-likeness (QED) is 0.590. The predicted molar refractivity (Wildman–Crippen MR) is 121 cm³/mol. The molecular weight excluding hydrogens is 451 g/mol. The zero-order valence-electron chi connectivity index (χ0n) is 19.8. The highest BCUT2D eigenvalue weighted by Gasteiger charge is 2.46. The Morgan fingerprint density at radius 3 is 2.47 bits per heavy atom. The van der Waals surface area contributed by atoms with E-state index < -0.39 is 12.1 Å². The molecule has 0 radical (unpaired) electrons. The molecule has 2 heterocycles. The third-order valence-electron chi connectivity index (χ3n) is 7.09. The summed E-state index contributed by atoms with van der Waals surface area (Å²) in [6, 6.07) is 8.50. The van der Waals surface area contributed by atoms with Crippen molar-refractivity contribution in [3.63, 3.8) is 0 Å². The minimum atomic E-state index is -5.08. The summed E-state index contributed by atoms with van der Waals surface area (Å²) in [5.41, 5.74) is 1.54. The normalized spacial score (nSPS) is 25.8. The molecule has 1 N–H and O–H groups in total. The van der Waals surface area contributed by atoms with E-state index >= 15 is 0 Å². The molecule has 6 nitrogen and oxygen atoms in total. The fourth-order valence-electron chi connectivity index (χ4n) is 5.32.